The van der Waals surface area contributed by atoms with Crippen LogP contribution in [0.5, 0.6) is 0 Å². The van der Waals surface area contributed by atoms with Gasteiger partial charge >= 0.3 is 0 Å². The smallest absolute Gasteiger partial charge is 0.0970 e. The quantitative estimate of drug-likeness (QED) is 0.871. The summed E-state index contributed by atoms with van der Waals surface area (Å²) in [5, 5.41) is 13.9. The van der Waals surface area contributed by atoms with Crippen LogP contribution in [0.25, 0.3) is 0 Å². The van der Waals surface area contributed by atoms with Gasteiger partial charge in [0.05, 0.1) is 11.7 Å². The maximum absolute atomic E-state index is 4.14. The molecule has 1 unspecified atom stereocenters. The first-order chi connectivity index (χ1) is 7.42. The summed E-state index contributed by atoms with van der Waals surface area (Å²) in [6.07, 6.45) is 1.12. The van der Waals surface area contributed by atoms with Gasteiger partial charge in [-0.1, -0.05) is 11.4 Å². The second-order valence-electron chi connectivity index (χ2n) is 3.27. The molecule has 80 valence electrons. The molecule has 0 bridgehead atoms. The lowest BCUT2D eigenvalue weighted by atomic mass is 10.1. The topological polar surface area (TPSA) is 37.8 Å². The van der Waals surface area contributed by atoms with Crippen LogP contribution in [0.2, 0.25) is 0 Å². The number of hydrogen-bond acceptors (Lipinski definition) is 5. The normalized spacial score (nSPS) is 12.9. The van der Waals surface area contributed by atoms with Gasteiger partial charge in [0.25, 0.3) is 0 Å². The average Bonchev–Trinajstić information content (AvgIpc) is 2.90. The summed E-state index contributed by atoms with van der Waals surface area (Å²) in [4.78, 5) is 0. The first-order valence-electron chi connectivity index (χ1n) is 4.94. The highest BCUT2D eigenvalue weighted by Crippen LogP contribution is 2.22. The zero-order valence-corrected chi connectivity index (χ0v) is 10.1. The zero-order valence-electron chi connectivity index (χ0n) is 8.51. The molecule has 0 amide bonds. The molecule has 0 radical (unpaired) electrons. The van der Waals surface area contributed by atoms with Crippen molar-refractivity contribution in [2.24, 2.45) is 0 Å². The Labute approximate surface area is 97.3 Å². The van der Waals surface area contributed by atoms with E-state index in [-0.39, 0.29) is 6.04 Å². The van der Waals surface area contributed by atoms with Crippen molar-refractivity contribution < 1.29 is 0 Å². The highest BCUT2D eigenvalue weighted by Gasteiger charge is 2.15. The molecule has 0 aliphatic carbocycles. The van der Waals surface area contributed by atoms with Crippen LogP contribution in [0.4, 0.5) is 0 Å². The monoisotopic (exact) mass is 239 g/mol. The minimum Gasteiger partial charge on any atom is -0.305 e. The van der Waals surface area contributed by atoms with Crippen molar-refractivity contribution in [1.82, 2.24) is 14.9 Å². The Morgan fingerprint density at radius 3 is 3.00 bits per heavy atom. The second-order valence-corrected chi connectivity index (χ2v) is 4.66. The molecule has 0 spiro atoms. The molecule has 1 atom stereocenters. The molecule has 2 rings (SSSR count). The van der Waals surface area contributed by atoms with E-state index in [9.17, 15) is 0 Å². The minimum absolute atomic E-state index is 0.204. The third kappa shape index (κ3) is 2.62. The zero-order chi connectivity index (χ0) is 10.5. The molecule has 2 heterocycles. The lowest BCUT2D eigenvalue weighted by Crippen LogP contribution is -2.23. The molecule has 0 fully saturated rings. The van der Waals surface area contributed by atoms with Crippen molar-refractivity contribution in [3.63, 3.8) is 0 Å². The van der Waals surface area contributed by atoms with E-state index in [2.05, 4.69) is 38.7 Å². The molecular formula is C10H13N3S2. The van der Waals surface area contributed by atoms with Gasteiger partial charge in [-0.05, 0) is 46.9 Å². The fraction of sp³-hybridized carbons (Fsp3) is 0.400. The van der Waals surface area contributed by atoms with Gasteiger partial charge in [0.1, 0.15) is 0 Å². The molecule has 5 heteroatoms. The van der Waals surface area contributed by atoms with Crippen LogP contribution in [-0.2, 0) is 0 Å². The Bertz CT molecular complexity index is 335. The minimum atomic E-state index is 0.204. The van der Waals surface area contributed by atoms with Crippen LogP contribution in [0.15, 0.2) is 22.2 Å². The number of thiophene rings is 1. The van der Waals surface area contributed by atoms with E-state index in [1.165, 1.54) is 17.1 Å². The van der Waals surface area contributed by atoms with Crippen LogP contribution in [0.3, 0.4) is 0 Å². The summed E-state index contributed by atoms with van der Waals surface area (Å²) in [6, 6.07) is 2.34. The summed E-state index contributed by atoms with van der Waals surface area (Å²) in [7, 11) is 0. The van der Waals surface area contributed by atoms with Crippen molar-refractivity contribution in [2.45, 2.75) is 19.4 Å². The number of nitrogens with zero attached hydrogens (tertiary/aromatic N) is 2. The van der Waals surface area contributed by atoms with Crippen LogP contribution >= 0.6 is 22.9 Å². The van der Waals surface area contributed by atoms with Crippen LogP contribution in [0, 0.1) is 0 Å². The third-order valence-corrected chi connectivity index (χ3v) is 3.37. The number of aromatic nitrogens is 2. The van der Waals surface area contributed by atoms with Crippen LogP contribution in [0.1, 0.15) is 30.6 Å². The molecule has 0 aliphatic heterocycles. The fourth-order valence-corrected chi connectivity index (χ4v) is 2.58. The van der Waals surface area contributed by atoms with Gasteiger partial charge in [-0.15, -0.1) is 5.10 Å². The van der Waals surface area contributed by atoms with Crippen LogP contribution in [-0.4, -0.2) is 16.1 Å². The van der Waals surface area contributed by atoms with Crippen molar-refractivity contribution in [3.05, 3.63) is 33.5 Å². The van der Waals surface area contributed by atoms with E-state index in [0.717, 1.165) is 18.7 Å². The number of nitrogens with one attached hydrogen (secondary N) is 1. The summed E-state index contributed by atoms with van der Waals surface area (Å²) >= 11 is 3.11. The first-order valence-corrected chi connectivity index (χ1v) is 6.72. The predicted molar refractivity (Wildman–Crippen MR) is 64.4 cm³/mol. The molecular weight excluding hydrogens is 226 g/mol. The van der Waals surface area contributed by atoms with Gasteiger partial charge in [0.15, 0.2) is 0 Å². The lowest BCUT2D eigenvalue weighted by Gasteiger charge is -2.14. The molecule has 0 aromatic carbocycles. The molecule has 1 N–H and O–H groups in total. The molecule has 2 aromatic rings. The van der Waals surface area contributed by atoms with Crippen molar-refractivity contribution in [2.75, 3.05) is 6.54 Å². The van der Waals surface area contributed by atoms with Gasteiger partial charge < -0.3 is 5.32 Å². The van der Waals surface area contributed by atoms with E-state index in [1.54, 1.807) is 11.3 Å². The highest BCUT2D eigenvalue weighted by atomic mass is 32.1. The van der Waals surface area contributed by atoms with E-state index in [0.29, 0.717) is 0 Å². The van der Waals surface area contributed by atoms with Gasteiger partial charge in [-0.2, -0.15) is 11.3 Å². The maximum atomic E-state index is 4.14. The Kier molecular flexibility index (Phi) is 3.82. The van der Waals surface area contributed by atoms with E-state index in [4.69, 9.17) is 0 Å². The van der Waals surface area contributed by atoms with Gasteiger partial charge in [-0.3, -0.25) is 0 Å². The van der Waals surface area contributed by atoms with E-state index < -0.39 is 0 Å². The first kappa shape index (κ1) is 10.7. The Morgan fingerprint density at radius 2 is 2.40 bits per heavy atom. The average molecular weight is 239 g/mol. The highest BCUT2D eigenvalue weighted by molar-refractivity contribution is 7.08. The molecule has 0 aliphatic rings. The summed E-state index contributed by atoms with van der Waals surface area (Å²) in [5.41, 5.74) is 2.30. The number of hydrogen-bond donors (Lipinski definition) is 1. The van der Waals surface area contributed by atoms with Crippen molar-refractivity contribution >= 4 is 22.9 Å². The molecule has 2 aromatic heterocycles. The van der Waals surface area contributed by atoms with Crippen molar-refractivity contribution in [3.8, 4) is 0 Å². The van der Waals surface area contributed by atoms with E-state index >= 15 is 0 Å². The standard InChI is InChI=1S/C10H13N3S2/c1-2-4-11-10(8-3-5-14-6-8)9-7-15-13-12-9/h3,5-7,10-11H,2,4H2,1H3. The van der Waals surface area contributed by atoms with Gasteiger partial charge in [0.2, 0.25) is 0 Å². The predicted octanol–water partition coefficient (Wildman–Crippen LogP) is 2.69. The maximum Gasteiger partial charge on any atom is 0.0970 e. The lowest BCUT2D eigenvalue weighted by molar-refractivity contribution is 0.586. The van der Waals surface area contributed by atoms with Crippen molar-refractivity contribution in [1.29, 1.82) is 0 Å². The fourth-order valence-electron chi connectivity index (χ4n) is 1.42. The van der Waals surface area contributed by atoms with Gasteiger partial charge in [-0.25, -0.2) is 0 Å². The van der Waals surface area contributed by atoms with E-state index in [1.807, 2.05) is 5.38 Å². The molecule has 0 saturated heterocycles. The Morgan fingerprint density at radius 1 is 1.47 bits per heavy atom. The summed E-state index contributed by atoms with van der Waals surface area (Å²) in [6.45, 7) is 3.16. The SMILES string of the molecule is CCCNC(c1ccsc1)c1csnn1. The van der Waals surface area contributed by atoms with Crippen LogP contribution < -0.4 is 5.32 Å². The second kappa shape index (κ2) is 5.34. The van der Waals surface area contributed by atoms with Gasteiger partial charge in [0, 0.05) is 5.38 Å². The summed E-state index contributed by atoms with van der Waals surface area (Å²) < 4.78 is 3.92. The largest absolute Gasteiger partial charge is 0.305 e. The Hall–Kier alpha value is -0.780. The molecule has 3 nitrogen and oxygen atoms in total. The third-order valence-electron chi connectivity index (χ3n) is 2.15. The molecule has 15 heavy (non-hydrogen) atoms. The molecule has 0 saturated carbocycles. The number of rotatable bonds is 5. The Balaban J connectivity index is 2.17. The summed E-state index contributed by atoms with van der Waals surface area (Å²) in [5.74, 6) is 0.